The lowest BCUT2D eigenvalue weighted by molar-refractivity contribution is 0.598. The predicted molar refractivity (Wildman–Crippen MR) is 57.4 cm³/mol. The van der Waals surface area contributed by atoms with E-state index in [9.17, 15) is 8.42 Å². The fourth-order valence-electron chi connectivity index (χ4n) is 1.27. The van der Waals surface area contributed by atoms with Crippen LogP contribution >= 0.6 is 0 Å². The zero-order valence-electron chi connectivity index (χ0n) is 8.48. The van der Waals surface area contributed by atoms with Gasteiger partial charge in [-0.05, 0) is 37.1 Å². The number of sulfonamides is 1. The molecule has 0 saturated carbocycles. The molecule has 0 radical (unpaired) electrons. The number of hydrazine groups is 1. The molecular weight excluding hydrogens is 200 g/mol. The van der Waals surface area contributed by atoms with Crippen molar-refractivity contribution in [2.45, 2.75) is 13.8 Å². The predicted octanol–water partition coefficient (Wildman–Crippen LogP) is 0.943. The number of hydrogen-bond acceptors (Lipinski definition) is 3. The van der Waals surface area contributed by atoms with Crippen molar-refractivity contribution in [1.82, 2.24) is 0 Å². The maximum Gasteiger partial charge on any atom is 0.245 e. The molecule has 0 aliphatic rings. The molecule has 0 fully saturated rings. The molecule has 0 atom stereocenters. The highest BCUT2D eigenvalue weighted by molar-refractivity contribution is 7.92. The third-order valence-electron chi connectivity index (χ3n) is 1.82. The highest BCUT2D eigenvalue weighted by atomic mass is 32.2. The van der Waals surface area contributed by atoms with E-state index in [2.05, 4.69) is 0 Å². The number of anilines is 1. The van der Waals surface area contributed by atoms with Gasteiger partial charge in [0, 0.05) is 0 Å². The summed E-state index contributed by atoms with van der Waals surface area (Å²) in [5.74, 6) is 5.46. The molecule has 0 aliphatic carbocycles. The van der Waals surface area contributed by atoms with Gasteiger partial charge in [0.15, 0.2) is 0 Å². The molecule has 0 amide bonds. The van der Waals surface area contributed by atoms with Crippen molar-refractivity contribution in [3.05, 3.63) is 29.3 Å². The van der Waals surface area contributed by atoms with Crippen molar-refractivity contribution in [2.24, 2.45) is 5.84 Å². The van der Waals surface area contributed by atoms with E-state index in [4.69, 9.17) is 5.84 Å². The SMILES string of the molecule is Cc1cc(C)cc(N(N)S(C)(=O)=O)c1. The van der Waals surface area contributed by atoms with Gasteiger partial charge in [-0.25, -0.2) is 18.7 Å². The van der Waals surface area contributed by atoms with Gasteiger partial charge >= 0.3 is 0 Å². The normalized spacial score (nSPS) is 11.4. The first kappa shape index (κ1) is 11.0. The van der Waals surface area contributed by atoms with Crippen molar-refractivity contribution in [1.29, 1.82) is 0 Å². The van der Waals surface area contributed by atoms with E-state index >= 15 is 0 Å². The molecule has 0 aliphatic heterocycles. The van der Waals surface area contributed by atoms with E-state index in [0.717, 1.165) is 21.8 Å². The lowest BCUT2D eigenvalue weighted by Crippen LogP contribution is -2.36. The highest BCUT2D eigenvalue weighted by Gasteiger charge is 2.12. The van der Waals surface area contributed by atoms with Gasteiger partial charge in [0.05, 0.1) is 11.9 Å². The Morgan fingerprint density at radius 3 is 1.93 bits per heavy atom. The average molecular weight is 214 g/mol. The molecule has 0 aromatic heterocycles. The van der Waals surface area contributed by atoms with Gasteiger partial charge in [0.2, 0.25) is 10.0 Å². The minimum Gasteiger partial charge on any atom is -0.233 e. The molecule has 0 spiro atoms. The van der Waals surface area contributed by atoms with E-state index in [1.54, 1.807) is 12.1 Å². The average Bonchev–Trinajstić information content (AvgIpc) is 1.99. The van der Waals surface area contributed by atoms with E-state index in [1.807, 2.05) is 19.9 Å². The smallest absolute Gasteiger partial charge is 0.233 e. The van der Waals surface area contributed by atoms with Gasteiger partial charge in [-0.2, -0.15) is 0 Å². The molecule has 1 rings (SSSR count). The summed E-state index contributed by atoms with van der Waals surface area (Å²) >= 11 is 0. The van der Waals surface area contributed by atoms with Crippen molar-refractivity contribution < 1.29 is 8.42 Å². The molecule has 1 aromatic carbocycles. The Balaban J connectivity index is 3.20. The van der Waals surface area contributed by atoms with Crippen molar-refractivity contribution >= 4 is 15.7 Å². The summed E-state index contributed by atoms with van der Waals surface area (Å²) in [6.07, 6.45) is 1.07. The fraction of sp³-hybridized carbons (Fsp3) is 0.333. The second-order valence-corrected chi connectivity index (χ2v) is 5.26. The van der Waals surface area contributed by atoms with E-state index in [-0.39, 0.29) is 0 Å². The third-order valence-corrected chi connectivity index (χ3v) is 2.74. The topological polar surface area (TPSA) is 63.4 Å². The van der Waals surface area contributed by atoms with Crippen LogP contribution < -0.4 is 10.3 Å². The van der Waals surface area contributed by atoms with Crippen LogP contribution in [0.15, 0.2) is 18.2 Å². The van der Waals surface area contributed by atoms with Crippen LogP contribution in [-0.4, -0.2) is 14.7 Å². The monoisotopic (exact) mass is 214 g/mol. The van der Waals surface area contributed by atoms with Gasteiger partial charge < -0.3 is 0 Å². The minimum absolute atomic E-state index is 0.491. The van der Waals surface area contributed by atoms with E-state index < -0.39 is 10.0 Å². The van der Waals surface area contributed by atoms with Crippen LogP contribution in [0.3, 0.4) is 0 Å². The standard InChI is InChI=1S/C9H14N2O2S/c1-7-4-8(2)6-9(5-7)11(10)14(3,12)13/h4-6H,10H2,1-3H3. The van der Waals surface area contributed by atoms with Crippen molar-refractivity contribution in [3.8, 4) is 0 Å². The van der Waals surface area contributed by atoms with Crippen LogP contribution in [0.25, 0.3) is 0 Å². The molecule has 1 aromatic rings. The molecule has 14 heavy (non-hydrogen) atoms. The van der Waals surface area contributed by atoms with Crippen LogP contribution in [-0.2, 0) is 10.0 Å². The zero-order chi connectivity index (χ0) is 10.9. The third kappa shape index (κ3) is 2.46. The Morgan fingerprint density at radius 2 is 1.57 bits per heavy atom. The Kier molecular flexibility index (Phi) is 2.82. The summed E-state index contributed by atoms with van der Waals surface area (Å²) in [5, 5.41) is 0. The summed E-state index contributed by atoms with van der Waals surface area (Å²) in [6.45, 7) is 3.79. The molecule has 5 heteroatoms. The molecule has 4 nitrogen and oxygen atoms in total. The summed E-state index contributed by atoms with van der Waals surface area (Å²) in [5.41, 5.74) is 2.46. The first-order valence-electron chi connectivity index (χ1n) is 4.14. The second-order valence-electron chi connectivity index (χ2n) is 3.40. The first-order chi connectivity index (χ1) is 6.30. The molecular formula is C9H14N2O2S. The number of rotatable bonds is 2. The van der Waals surface area contributed by atoms with Gasteiger partial charge in [-0.1, -0.05) is 6.07 Å². The lowest BCUT2D eigenvalue weighted by atomic mass is 10.1. The Hall–Kier alpha value is -1.07. The first-order valence-corrected chi connectivity index (χ1v) is 5.99. The van der Waals surface area contributed by atoms with Gasteiger partial charge in [0.25, 0.3) is 0 Å². The second kappa shape index (κ2) is 3.59. The largest absolute Gasteiger partial charge is 0.245 e. The van der Waals surface area contributed by atoms with Crippen molar-refractivity contribution in [2.75, 3.05) is 10.7 Å². The maximum absolute atomic E-state index is 11.2. The molecule has 0 bridgehead atoms. The zero-order valence-corrected chi connectivity index (χ0v) is 9.30. The van der Waals surface area contributed by atoms with Gasteiger partial charge in [0.1, 0.15) is 0 Å². The molecule has 2 N–H and O–H groups in total. The summed E-state index contributed by atoms with van der Waals surface area (Å²) < 4.78 is 23.1. The van der Waals surface area contributed by atoms with Gasteiger partial charge in [-0.15, -0.1) is 0 Å². The van der Waals surface area contributed by atoms with E-state index in [0.29, 0.717) is 5.69 Å². The van der Waals surface area contributed by atoms with E-state index in [1.165, 1.54) is 0 Å². The molecule has 0 unspecified atom stereocenters. The van der Waals surface area contributed by atoms with Crippen molar-refractivity contribution in [3.63, 3.8) is 0 Å². The summed E-state index contributed by atoms with van der Waals surface area (Å²) in [6, 6.07) is 5.42. The summed E-state index contributed by atoms with van der Waals surface area (Å²) in [4.78, 5) is 0. The van der Waals surface area contributed by atoms with Gasteiger partial charge in [-0.3, -0.25) is 0 Å². The fourth-order valence-corrected chi connectivity index (χ4v) is 1.76. The van der Waals surface area contributed by atoms with Crippen LogP contribution in [0, 0.1) is 13.8 Å². The number of nitrogens with two attached hydrogens (primary N) is 1. The minimum atomic E-state index is -3.38. The lowest BCUT2D eigenvalue weighted by Gasteiger charge is -2.16. The summed E-state index contributed by atoms with van der Waals surface area (Å²) in [7, 11) is -3.38. The Labute approximate surface area is 84.4 Å². The number of nitrogens with zero attached hydrogens (tertiary/aromatic N) is 1. The molecule has 0 heterocycles. The maximum atomic E-state index is 11.2. The number of aryl methyl sites for hydroxylation is 2. The highest BCUT2D eigenvalue weighted by Crippen LogP contribution is 2.17. The van der Waals surface area contributed by atoms with Crippen LogP contribution in [0.5, 0.6) is 0 Å². The van der Waals surface area contributed by atoms with Crippen LogP contribution in [0.2, 0.25) is 0 Å². The Morgan fingerprint density at radius 1 is 1.14 bits per heavy atom. The molecule has 0 saturated heterocycles. The van der Waals surface area contributed by atoms with Crippen LogP contribution in [0.1, 0.15) is 11.1 Å². The number of benzene rings is 1. The molecule has 78 valence electrons. The Bertz CT molecular complexity index is 420. The van der Waals surface area contributed by atoms with Crippen LogP contribution in [0.4, 0.5) is 5.69 Å². The number of hydrogen-bond donors (Lipinski definition) is 1. The quantitative estimate of drug-likeness (QED) is 0.588.